The molecule has 74 valence electrons. The van der Waals surface area contributed by atoms with E-state index in [0.717, 1.165) is 19.3 Å². The molecule has 0 radical (unpaired) electrons. The summed E-state index contributed by atoms with van der Waals surface area (Å²) in [6, 6.07) is 0. The predicted molar refractivity (Wildman–Crippen MR) is 51.3 cm³/mol. The van der Waals surface area contributed by atoms with Gasteiger partial charge < -0.3 is 6.53 Å². The maximum atomic E-state index is 10.6. The number of hydrogen-bond acceptors (Lipinski definition) is 1. The number of carboxylic acids is 1. The van der Waals surface area contributed by atoms with E-state index in [1.807, 2.05) is 6.92 Å². The van der Waals surface area contributed by atoms with E-state index < -0.39 is 5.97 Å². The molecule has 0 aliphatic carbocycles. The molecule has 0 heterocycles. The second-order valence-electron chi connectivity index (χ2n) is 3.29. The second kappa shape index (κ2) is 10.6. The van der Waals surface area contributed by atoms with Crippen molar-refractivity contribution in [1.82, 2.24) is 0 Å². The van der Waals surface area contributed by atoms with E-state index in [1.54, 1.807) is 0 Å². The van der Waals surface area contributed by atoms with Crippen LogP contribution in [0.15, 0.2) is 0 Å². The van der Waals surface area contributed by atoms with Gasteiger partial charge in [0.25, 0.3) is 0 Å². The Morgan fingerprint density at radius 3 is 2.31 bits per heavy atom. The number of aliphatic carboxylic acids is 1. The van der Waals surface area contributed by atoms with Crippen molar-refractivity contribution in [1.29, 1.82) is 0 Å². The SMILES string of the molecule is CCCCCCC(CC)C(=O)O.[H-].[Na+]. The Bertz CT molecular complexity index is 131. The van der Waals surface area contributed by atoms with E-state index in [1.165, 1.54) is 19.3 Å². The minimum Gasteiger partial charge on any atom is -1.00 e. The Labute approximate surface area is 105 Å². The third-order valence-electron chi connectivity index (χ3n) is 2.25. The summed E-state index contributed by atoms with van der Waals surface area (Å²) in [6.45, 7) is 4.10. The van der Waals surface area contributed by atoms with E-state index in [-0.39, 0.29) is 36.9 Å². The molecule has 1 N–H and O–H groups in total. The van der Waals surface area contributed by atoms with Gasteiger partial charge >= 0.3 is 35.5 Å². The molecule has 1 atom stereocenters. The maximum Gasteiger partial charge on any atom is 1.00 e. The molecule has 0 aromatic heterocycles. The molecule has 0 aromatic carbocycles. The van der Waals surface area contributed by atoms with Crippen molar-refractivity contribution in [2.75, 3.05) is 0 Å². The van der Waals surface area contributed by atoms with Crippen molar-refractivity contribution >= 4 is 5.97 Å². The Kier molecular flexibility index (Phi) is 12.9. The fourth-order valence-corrected chi connectivity index (χ4v) is 1.32. The molecule has 0 aliphatic heterocycles. The summed E-state index contributed by atoms with van der Waals surface area (Å²) in [5.74, 6) is -0.740. The molecule has 1 unspecified atom stereocenters. The first-order chi connectivity index (χ1) is 5.72. The zero-order valence-electron chi connectivity index (χ0n) is 10.2. The van der Waals surface area contributed by atoms with Crippen molar-refractivity contribution < 1.29 is 40.9 Å². The summed E-state index contributed by atoms with van der Waals surface area (Å²) in [5.41, 5.74) is 0. The summed E-state index contributed by atoms with van der Waals surface area (Å²) in [6.07, 6.45) is 6.31. The minimum atomic E-state index is -0.631. The van der Waals surface area contributed by atoms with Crippen LogP contribution in [0.25, 0.3) is 0 Å². The van der Waals surface area contributed by atoms with Crippen molar-refractivity contribution in [2.45, 2.75) is 52.4 Å². The average molecular weight is 196 g/mol. The molecule has 0 spiro atoms. The van der Waals surface area contributed by atoms with E-state index in [0.29, 0.717) is 0 Å². The molecule has 2 nitrogen and oxygen atoms in total. The molecular formula is C10H21NaO2. The van der Waals surface area contributed by atoms with Gasteiger partial charge in [-0.25, -0.2) is 0 Å². The maximum absolute atomic E-state index is 10.6. The van der Waals surface area contributed by atoms with Crippen molar-refractivity contribution in [3.05, 3.63) is 0 Å². The Morgan fingerprint density at radius 2 is 1.92 bits per heavy atom. The van der Waals surface area contributed by atoms with Crippen LogP contribution in [0.1, 0.15) is 53.8 Å². The first-order valence-corrected chi connectivity index (χ1v) is 4.95. The Hall–Kier alpha value is 0.470. The summed E-state index contributed by atoms with van der Waals surface area (Å²) >= 11 is 0. The standard InChI is InChI=1S/C10H20O2.Na.H/c1-3-5-6-7-8-9(4-2)10(11)12;;/h9H,3-8H2,1-2H3,(H,11,12);;/q;+1;-1. The molecule has 0 aliphatic rings. The summed E-state index contributed by atoms with van der Waals surface area (Å²) in [7, 11) is 0. The number of hydrogen-bond donors (Lipinski definition) is 1. The van der Waals surface area contributed by atoms with Gasteiger partial charge in [0.05, 0.1) is 5.92 Å². The number of carbonyl (C=O) groups is 1. The molecule has 0 bridgehead atoms. The molecule has 0 amide bonds. The van der Waals surface area contributed by atoms with Gasteiger partial charge in [0, 0.05) is 0 Å². The molecule has 0 aromatic rings. The monoisotopic (exact) mass is 196 g/mol. The molecule has 3 heteroatoms. The van der Waals surface area contributed by atoms with Crippen molar-refractivity contribution in [3.8, 4) is 0 Å². The van der Waals surface area contributed by atoms with E-state index in [9.17, 15) is 4.79 Å². The largest absolute Gasteiger partial charge is 1.00 e. The Morgan fingerprint density at radius 1 is 1.31 bits per heavy atom. The van der Waals surface area contributed by atoms with Crippen LogP contribution in [0.5, 0.6) is 0 Å². The van der Waals surface area contributed by atoms with Gasteiger partial charge in [0.2, 0.25) is 0 Å². The van der Waals surface area contributed by atoms with Gasteiger partial charge in [-0.05, 0) is 12.8 Å². The second-order valence-corrected chi connectivity index (χ2v) is 3.29. The summed E-state index contributed by atoms with van der Waals surface area (Å²) in [5, 5.41) is 8.73. The molecular weight excluding hydrogens is 175 g/mol. The predicted octanol–water partition coefficient (Wildman–Crippen LogP) is 0.184. The quantitative estimate of drug-likeness (QED) is 0.466. The normalized spacial score (nSPS) is 11.8. The number of unbranched alkanes of at least 4 members (excludes halogenated alkanes) is 3. The summed E-state index contributed by atoms with van der Waals surface area (Å²) < 4.78 is 0. The van der Waals surface area contributed by atoms with Crippen molar-refractivity contribution in [2.24, 2.45) is 5.92 Å². The fourth-order valence-electron chi connectivity index (χ4n) is 1.32. The van der Waals surface area contributed by atoms with Crippen molar-refractivity contribution in [3.63, 3.8) is 0 Å². The van der Waals surface area contributed by atoms with Gasteiger partial charge in [-0.1, -0.05) is 39.5 Å². The van der Waals surface area contributed by atoms with E-state index in [4.69, 9.17) is 5.11 Å². The molecule has 0 fully saturated rings. The van der Waals surface area contributed by atoms with E-state index in [2.05, 4.69) is 6.92 Å². The van der Waals surface area contributed by atoms with Crippen LogP contribution < -0.4 is 29.6 Å². The number of rotatable bonds is 7. The van der Waals surface area contributed by atoms with Gasteiger partial charge in [0.1, 0.15) is 0 Å². The van der Waals surface area contributed by atoms with E-state index >= 15 is 0 Å². The zero-order valence-corrected chi connectivity index (χ0v) is 11.2. The zero-order chi connectivity index (χ0) is 9.40. The van der Waals surface area contributed by atoms with Crippen LogP contribution in [0, 0.1) is 5.92 Å². The minimum absolute atomic E-state index is 0. The first-order valence-electron chi connectivity index (χ1n) is 4.95. The van der Waals surface area contributed by atoms with Gasteiger partial charge in [-0.15, -0.1) is 0 Å². The summed E-state index contributed by atoms with van der Waals surface area (Å²) in [4.78, 5) is 10.6. The van der Waals surface area contributed by atoms with Crippen LogP contribution >= 0.6 is 0 Å². The third-order valence-corrected chi connectivity index (χ3v) is 2.25. The van der Waals surface area contributed by atoms with Gasteiger partial charge in [-0.3, -0.25) is 4.79 Å². The van der Waals surface area contributed by atoms with Crippen LogP contribution in [-0.2, 0) is 4.79 Å². The smallest absolute Gasteiger partial charge is 1.00 e. The van der Waals surface area contributed by atoms with Gasteiger partial charge in [0.15, 0.2) is 0 Å². The average Bonchev–Trinajstić information content (AvgIpc) is 2.04. The fraction of sp³-hybridized carbons (Fsp3) is 0.900. The molecule has 0 saturated heterocycles. The van der Waals surface area contributed by atoms with Crippen LogP contribution in [0.3, 0.4) is 0 Å². The molecule has 0 saturated carbocycles. The molecule has 13 heavy (non-hydrogen) atoms. The molecule has 0 rings (SSSR count). The van der Waals surface area contributed by atoms with Crippen LogP contribution in [-0.4, -0.2) is 11.1 Å². The van der Waals surface area contributed by atoms with Crippen LogP contribution in [0.2, 0.25) is 0 Å². The van der Waals surface area contributed by atoms with Crippen LogP contribution in [0.4, 0.5) is 0 Å². The topological polar surface area (TPSA) is 37.3 Å². The third kappa shape index (κ3) is 8.79. The number of carboxylic acid groups (broad SMARTS) is 1. The Balaban J connectivity index is -0.000000605. The first kappa shape index (κ1) is 15.9. The van der Waals surface area contributed by atoms with Gasteiger partial charge in [-0.2, -0.15) is 0 Å².